The lowest BCUT2D eigenvalue weighted by Crippen LogP contribution is -2.31. The average molecular weight is 343 g/mol. The van der Waals surface area contributed by atoms with Crippen LogP contribution in [0.4, 0.5) is 4.39 Å². The highest BCUT2D eigenvalue weighted by atomic mass is 19.1. The van der Waals surface area contributed by atoms with Crippen molar-refractivity contribution in [2.45, 2.75) is 19.8 Å². The molecule has 0 aliphatic rings. The Bertz CT molecular complexity index is 857. The van der Waals surface area contributed by atoms with Crippen molar-refractivity contribution >= 4 is 5.91 Å². The van der Waals surface area contributed by atoms with Crippen molar-refractivity contribution in [3.63, 3.8) is 0 Å². The fourth-order valence-corrected chi connectivity index (χ4v) is 2.57. The van der Waals surface area contributed by atoms with Crippen LogP contribution in [0, 0.1) is 12.7 Å². The zero-order valence-electron chi connectivity index (χ0n) is 14.1. The highest BCUT2D eigenvalue weighted by Crippen LogP contribution is 2.15. The molecule has 0 saturated carbocycles. The summed E-state index contributed by atoms with van der Waals surface area (Å²) in [5.74, 6) is -0.0417. The lowest BCUT2D eigenvalue weighted by molar-refractivity contribution is 0.0781. The molecule has 1 N–H and O–H groups in total. The van der Waals surface area contributed by atoms with Crippen LogP contribution in [0.1, 0.15) is 34.8 Å². The molecule has 0 fully saturated rings. The van der Waals surface area contributed by atoms with Gasteiger partial charge in [-0.25, -0.2) is 9.07 Å². The van der Waals surface area contributed by atoms with Crippen LogP contribution in [0.2, 0.25) is 0 Å². The number of nitrogens with one attached hydrogen (secondary N) is 1. The Hall–Kier alpha value is -3.10. The molecule has 0 radical (unpaired) electrons. The van der Waals surface area contributed by atoms with Gasteiger partial charge < -0.3 is 4.90 Å². The minimum atomic E-state index is -0.319. The predicted molar refractivity (Wildman–Crippen MR) is 87.8 cm³/mol. The van der Waals surface area contributed by atoms with E-state index in [0.717, 1.165) is 5.69 Å². The second kappa shape index (κ2) is 6.80. The van der Waals surface area contributed by atoms with Gasteiger partial charge in [0.15, 0.2) is 11.5 Å². The summed E-state index contributed by atoms with van der Waals surface area (Å²) in [7, 11) is 1.70. The normalized spacial score (nSPS) is 12.2. The summed E-state index contributed by atoms with van der Waals surface area (Å²) in [6, 6.07) is 7.66. The van der Waals surface area contributed by atoms with Crippen LogP contribution < -0.4 is 0 Å². The van der Waals surface area contributed by atoms with Gasteiger partial charge in [-0.2, -0.15) is 10.3 Å². The van der Waals surface area contributed by atoms with Gasteiger partial charge in [0.1, 0.15) is 5.82 Å². The number of carbonyl (C=O) groups is 1. The van der Waals surface area contributed by atoms with E-state index in [2.05, 4.69) is 25.7 Å². The molecule has 8 nitrogen and oxygen atoms in total. The summed E-state index contributed by atoms with van der Waals surface area (Å²) in [6.45, 7) is 4.19. The van der Waals surface area contributed by atoms with E-state index in [1.54, 1.807) is 34.8 Å². The molecule has 0 bridgehead atoms. The number of halogens is 1. The van der Waals surface area contributed by atoms with Gasteiger partial charge in [-0.1, -0.05) is 12.1 Å². The molecule has 2 aromatic heterocycles. The molecule has 25 heavy (non-hydrogen) atoms. The van der Waals surface area contributed by atoms with E-state index < -0.39 is 0 Å². The SMILES string of the molecule is Cc1cc(C(=O)N(C)CC(C)c2nn[nH]n2)nn1-c1ccc(F)cc1. The van der Waals surface area contributed by atoms with E-state index in [-0.39, 0.29) is 17.6 Å². The number of nitrogens with zero attached hydrogens (tertiary/aromatic N) is 6. The van der Waals surface area contributed by atoms with Crippen LogP contribution in [0.5, 0.6) is 0 Å². The fourth-order valence-electron chi connectivity index (χ4n) is 2.57. The Kier molecular flexibility index (Phi) is 4.55. The van der Waals surface area contributed by atoms with Crippen LogP contribution >= 0.6 is 0 Å². The lowest BCUT2D eigenvalue weighted by atomic mass is 10.1. The van der Waals surface area contributed by atoms with Gasteiger partial charge in [-0.15, -0.1) is 10.2 Å². The third kappa shape index (κ3) is 3.54. The molecule has 1 amide bonds. The number of benzene rings is 1. The van der Waals surface area contributed by atoms with E-state index >= 15 is 0 Å². The van der Waals surface area contributed by atoms with Gasteiger partial charge in [0, 0.05) is 25.2 Å². The number of amides is 1. The van der Waals surface area contributed by atoms with Crippen molar-refractivity contribution < 1.29 is 9.18 Å². The Labute approximate surface area is 143 Å². The highest BCUT2D eigenvalue weighted by molar-refractivity contribution is 5.92. The Morgan fingerprint density at radius 3 is 2.72 bits per heavy atom. The Balaban J connectivity index is 1.76. The van der Waals surface area contributed by atoms with Gasteiger partial charge in [-0.3, -0.25) is 4.79 Å². The topological polar surface area (TPSA) is 92.6 Å². The number of carbonyl (C=O) groups excluding carboxylic acids is 1. The molecule has 0 aliphatic carbocycles. The maximum atomic E-state index is 13.1. The summed E-state index contributed by atoms with van der Waals surface area (Å²) in [5, 5.41) is 18.1. The maximum absolute atomic E-state index is 13.1. The number of likely N-dealkylation sites (N-methyl/N-ethyl adjacent to an activating group) is 1. The zero-order chi connectivity index (χ0) is 18.0. The van der Waals surface area contributed by atoms with Gasteiger partial charge in [0.05, 0.1) is 5.69 Å². The van der Waals surface area contributed by atoms with Crippen molar-refractivity contribution in [2.24, 2.45) is 0 Å². The molecule has 130 valence electrons. The van der Waals surface area contributed by atoms with E-state index in [0.29, 0.717) is 23.8 Å². The predicted octanol–water partition coefficient (Wildman–Crippen LogP) is 1.71. The smallest absolute Gasteiger partial charge is 0.274 e. The molecular formula is C16H18FN7O. The van der Waals surface area contributed by atoms with E-state index in [9.17, 15) is 9.18 Å². The first kappa shape index (κ1) is 16.7. The molecule has 0 saturated heterocycles. The number of aromatic nitrogens is 6. The largest absolute Gasteiger partial charge is 0.340 e. The molecule has 1 atom stereocenters. The first-order chi connectivity index (χ1) is 12.0. The quantitative estimate of drug-likeness (QED) is 0.761. The molecule has 2 heterocycles. The number of tetrazole rings is 1. The van der Waals surface area contributed by atoms with Gasteiger partial charge >= 0.3 is 0 Å². The van der Waals surface area contributed by atoms with E-state index in [1.807, 2.05) is 13.8 Å². The van der Waals surface area contributed by atoms with Crippen molar-refractivity contribution in [1.29, 1.82) is 0 Å². The summed E-state index contributed by atoms with van der Waals surface area (Å²) in [6.07, 6.45) is 0. The molecule has 3 aromatic rings. The Morgan fingerprint density at radius 2 is 2.08 bits per heavy atom. The molecule has 1 aromatic carbocycles. The zero-order valence-corrected chi connectivity index (χ0v) is 14.1. The Morgan fingerprint density at radius 1 is 1.36 bits per heavy atom. The standard InChI is InChI=1S/C16H18FN7O/c1-10(15-18-21-22-19-15)9-23(3)16(25)14-8-11(2)24(20-14)13-6-4-12(17)5-7-13/h4-8,10H,9H2,1-3H3,(H,18,19,21,22). The summed E-state index contributed by atoms with van der Waals surface area (Å²) < 4.78 is 14.7. The molecular weight excluding hydrogens is 325 g/mol. The monoisotopic (exact) mass is 343 g/mol. The second-order valence-corrected chi connectivity index (χ2v) is 5.92. The van der Waals surface area contributed by atoms with E-state index in [4.69, 9.17) is 0 Å². The van der Waals surface area contributed by atoms with Crippen LogP contribution in [0.15, 0.2) is 30.3 Å². The number of H-pyrrole nitrogens is 1. The van der Waals surface area contributed by atoms with Crippen molar-refractivity contribution in [1.82, 2.24) is 35.3 Å². The number of hydrogen-bond acceptors (Lipinski definition) is 5. The summed E-state index contributed by atoms with van der Waals surface area (Å²) in [5.41, 5.74) is 1.81. The van der Waals surface area contributed by atoms with Crippen molar-refractivity contribution in [3.8, 4) is 5.69 Å². The first-order valence-corrected chi connectivity index (χ1v) is 7.77. The van der Waals surface area contributed by atoms with Gasteiger partial charge in [-0.05, 0) is 37.3 Å². The minimum absolute atomic E-state index is 0.0621. The molecule has 0 aliphatic heterocycles. The third-order valence-corrected chi connectivity index (χ3v) is 3.87. The van der Waals surface area contributed by atoms with E-state index in [1.165, 1.54) is 12.1 Å². The van der Waals surface area contributed by atoms with Crippen molar-refractivity contribution in [2.75, 3.05) is 13.6 Å². The van der Waals surface area contributed by atoms with Crippen LogP contribution in [0.3, 0.4) is 0 Å². The van der Waals surface area contributed by atoms with Gasteiger partial charge in [0.2, 0.25) is 0 Å². The molecule has 9 heteroatoms. The second-order valence-electron chi connectivity index (χ2n) is 5.92. The average Bonchev–Trinajstić information content (AvgIpc) is 3.24. The minimum Gasteiger partial charge on any atom is -0.340 e. The molecule has 1 unspecified atom stereocenters. The fraction of sp³-hybridized carbons (Fsp3) is 0.312. The van der Waals surface area contributed by atoms with Crippen LogP contribution in [-0.4, -0.2) is 54.8 Å². The maximum Gasteiger partial charge on any atom is 0.274 e. The third-order valence-electron chi connectivity index (χ3n) is 3.87. The highest BCUT2D eigenvalue weighted by Gasteiger charge is 2.21. The van der Waals surface area contributed by atoms with Crippen molar-refractivity contribution in [3.05, 3.63) is 53.4 Å². The summed E-state index contributed by atoms with van der Waals surface area (Å²) >= 11 is 0. The van der Waals surface area contributed by atoms with Gasteiger partial charge in [0.25, 0.3) is 5.91 Å². The van der Waals surface area contributed by atoms with Crippen LogP contribution in [-0.2, 0) is 0 Å². The van der Waals surface area contributed by atoms with Crippen LogP contribution in [0.25, 0.3) is 5.69 Å². The number of aromatic amines is 1. The number of hydrogen-bond donors (Lipinski definition) is 1. The summed E-state index contributed by atoms with van der Waals surface area (Å²) in [4.78, 5) is 14.2. The first-order valence-electron chi connectivity index (χ1n) is 7.77. The number of rotatable bonds is 5. The lowest BCUT2D eigenvalue weighted by Gasteiger charge is -2.18. The number of aryl methyl sites for hydroxylation is 1. The molecule has 3 rings (SSSR count). The molecule has 0 spiro atoms.